The van der Waals surface area contributed by atoms with Gasteiger partial charge in [-0.3, -0.25) is 24.0 Å². The molecule has 9 heteroatoms. The molecular weight excluding hydrogens is 520 g/mol. The molecule has 1 saturated heterocycles. The Morgan fingerprint density at radius 1 is 1.05 bits per heavy atom. The Hall–Kier alpha value is -3.49. The molecule has 2 aromatic rings. The van der Waals surface area contributed by atoms with Crippen LogP contribution in [0.25, 0.3) is 10.9 Å². The minimum atomic E-state index is -1.09. The van der Waals surface area contributed by atoms with Crippen molar-refractivity contribution in [1.82, 2.24) is 20.5 Å². The van der Waals surface area contributed by atoms with Crippen LogP contribution in [0.2, 0.25) is 0 Å². The molecule has 216 valence electrons. The number of Topliss-reactive ketones (excluding diaryl/α,β-unsaturated/α-hetero) is 2. The molecular formula is C32H38N4O5. The number of carbonyl (C=O) groups excluding carboxylic acids is 5. The number of aromatic nitrogens is 1. The molecule has 4 saturated carbocycles. The quantitative estimate of drug-likeness (QED) is 0.406. The summed E-state index contributed by atoms with van der Waals surface area (Å²) >= 11 is 0. The molecule has 5 aliphatic rings. The van der Waals surface area contributed by atoms with Crippen LogP contribution in [-0.4, -0.2) is 63.8 Å². The van der Waals surface area contributed by atoms with Crippen molar-refractivity contribution in [2.24, 2.45) is 11.3 Å². The van der Waals surface area contributed by atoms with Crippen LogP contribution in [0, 0.1) is 11.3 Å². The molecule has 9 nitrogen and oxygen atoms in total. The maximum atomic E-state index is 13.9. The van der Waals surface area contributed by atoms with Gasteiger partial charge in [-0.05, 0) is 99.7 Å². The van der Waals surface area contributed by atoms with E-state index in [2.05, 4.69) is 21.7 Å². The van der Waals surface area contributed by atoms with Crippen molar-refractivity contribution in [2.75, 3.05) is 6.54 Å². The number of nitrogens with zero attached hydrogens (tertiary/aromatic N) is 1. The summed E-state index contributed by atoms with van der Waals surface area (Å²) in [7, 11) is 0. The van der Waals surface area contributed by atoms with Gasteiger partial charge in [0.2, 0.25) is 11.7 Å². The summed E-state index contributed by atoms with van der Waals surface area (Å²) in [6.45, 7) is 0.462. The Bertz CT molecular complexity index is 1430. The smallest absolute Gasteiger partial charge is 0.289 e. The molecule has 1 spiro atoms. The van der Waals surface area contributed by atoms with Crippen LogP contribution >= 0.6 is 0 Å². The zero-order valence-corrected chi connectivity index (χ0v) is 23.4. The Labute approximate surface area is 239 Å². The Kier molecular flexibility index (Phi) is 6.51. The molecule has 3 atom stereocenters. The number of aromatic amines is 1. The van der Waals surface area contributed by atoms with Crippen molar-refractivity contribution in [3.63, 3.8) is 0 Å². The molecule has 0 bridgehead atoms. The predicted molar refractivity (Wildman–Crippen MR) is 151 cm³/mol. The van der Waals surface area contributed by atoms with E-state index >= 15 is 0 Å². The van der Waals surface area contributed by atoms with E-state index in [0.29, 0.717) is 37.4 Å². The van der Waals surface area contributed by atoms with Crippen molar-refractivity contribution in [2.45, 2.75) is 101 Å². The molecule has 0 radical (unpaired) electrons. The van der Waals surface area contributed by atoms with Crippen LogP contribution in [0.4, 0.5) is 0 Å². The number of carbonyl (C=O) groups is 5. The average molecular weight is 559 g/mol. The first-order valence-corrected chi connectivity index (χ1v) is 15.4. The summed E-state index contributed by atoms with van der Waals surface area (Å²) in [4.78, 5) is 71.2. The van der Waals surface area contributed by atoms with Gasteiger partial charge in [0, 0.05) is 35.8 Å². The summed E-state index contributed by atoms with van der Waals surface area (Å²) in [5, 5.41) is 6.65. The molecule has 5 fully saturated rings. The van der Waals surface area contributed by atoms with Gasteiger partial charge in [0.1, 0.15) is 17.5 Å². The highest BCUT2D eigenvalue weighted by Gasteiger charge is 2.51. The summed E-state index contributed by atoms with van der Waals surface area (Å²) < 4.78 is 0. The van der Waals surface area contributed by atoms with Crippen LogP contribution < -0.4 is 10.6 Å². The monoisotopic (exact) mass is 558 g/mol. The highest BCUT2D eigenvalue weighted by atomic mass is 16.2. The van der Waals surface area contributed by atoms with Crippen LogP contribution in [0.3, 0.4) is 0 Å². The number of fused-ring (bicyclic) bond motifs is 1. The van der Waals surface area contributed by atoms with Crippen LogP contribution in [0.15, 0.2) is 24.3 Å². The number of hydrogen-bond acceptors (Lipinski definition) is 5. The lowest BCUT2D eigenvalue weighted by atomic mass is 9.86. The molecule has 2 heterocycles. The van der Waals surface area contributed by atoms with Gasteiger partial charge in [0.05, 0.1) is 6.04 Å². The lowest BCUT2D eigenvalue weighted by molar-refractivity contribution is -0.141. The van der Waals surface area contributed by atoms with Gasteiger partial charge in [0.15, 0.2) is 0 Å². The normalized spacial score (nSPS) is 25.8. The van der Waals surface area contributed by atoms with E-state index < -0.39 is 29.7 Å². The molecule has 3 N–H and O–H groups in total. The first kappa shape index (κ1) is 26.4. The number of hydrogen-bond donors (Lipinski definition) is 3. The fraction of sp³-hybridized carbons (Fsp3) is 0.594. The fourth-order valence-electron chi connectivity index (χ4n) is 7.01. The van der Waals surface area contributed by atoms with E-state index in [1.807, 2.05) is 18.2 Å². The van der Waals surface area contributed by atoms with Crippen LogP contribution in [-0.2, 0) is 19.2 Å². The molecule has 1 aromatic carbocycles. The molecule has 3 unspecified atom stereocenters. The second kappa shape index (κ2) is 10.1. The maximum absolute atomic E-state index is 13.9. The second-order valence-electron chi connectivity index (χ2n) is 13.2. The zero-order chi connectivity index (χ0) is 28.3. The Morgan fingerprint density at radius 3 is 2.54 bits per heavy atom. The SMILES string of the molecule is O=C(NC1CC1)C(=O)C(CC1CCCC1=O)NC(=O)C1CC2(CCN1C(=O)c1cc3c(C4CC4)cccc3[nH]1)CC2. The molecule has 4 aliphatic carbocycles. The lowest BCUT2D eigenvalue weighted by Crippen LogP contribution is -2.58. The molecule has 41 heavy (non-hydrogen) atoms. The average Bonchev–Trinajstić information content (AvgIpc) is 3.91. The van der Waals surface area contributed by atoms with Crippen molar-refractivity contribution in [1.29, 1.82) is 0 Å². The highest BCUT2D eigenvalue weighted by Crippen LogP contribution is 2.55. The first-order chi connectivity index (χ1) is 19.8. The van der Waals surface area contributed by atoms with E-state index in [9.17, 15) is 24.0 Å². The lowest BCUT2D eigenvalue weighted by Gasteiger charge is -2.39. The summed E-state index contributed by atoms with van der Waals surface area (Å²) in [5.74, 6) is -1.77. The van der Waals surface area contributed by atoms with E-state index in [-0.39, 0.29) is 35.5 Å². The van der Waals surface area contributed by atoms with Crippen molar-refractivity contribution in [3.05, 3.63) is 35.5 Å². The van der Waals surface area contributed by atoms with Gasteiger partial charge in [-0.2, -0.15) is 0 Å². The number of benzene rings is 1. The van der Waals surface area contributed by atoms with Gasteiger partial charge < -0.3 is 20.5 Å². The highest BCUT2D eigenvalue weighted by molar-refractivity contribution is 6.38. The number of ketones is 2. The number of likely N-dealkylation sites (tertiary alicyclic amines) is 1. The third-order valence-corrected chi connectivity index (χ3v) is 10.1. The van der Waals surface area contributed by atoms with Crippen LogP contribution in [0.5, 0.6) is 0 Å². The fourth-order valence-corrected chi connectivity index (χ4v) is 7.01. The third kappa shape index (κ3) is 5.31. The Balaban J connectivity index is 1.13. The van der Waals surface area contributed by atoms with Crippen molar-refractivity contribution in [3.8, 4) is 0 Å². The van der Waals surface area contributed by atoms with E-state index in [1.165, 1.54) is 5.56 Å². The third-order valence-electron chi connectivity index (χ3n) is 10.1. The topological polar surface area (TPSA) is 128 Å². The van der Waals surface area contributed by atoms with Gasteiger partial charge in [-0.15, -0.1) is 0 Å². The Morgan fingerprint density at radius 2 is 1.85 bits per heavy atom. The number of H-pyrrole nitrogens is 1. The molecule has 1 aromatic heterocycles. The standard InChI is InChI=1S/C32H38N4O5/c37-27-6-1-3-19(27)15-24(28(38)30(40)33-20-9-10-20)35-29(39)26-17-32(11-12-32)13-14-36(26)31(41)25-16-22-21(18-7-8-18)4-2-5-23(22)34-25/h2,4-5,16,18-20,24,26,34H,1,3,6-15,17H2,(H,33,40)(H,35,39). The van der Waals surface area contributed by atoms with Gasteiger partial charge in [-0.25, -0.2) is 0 Å². The first-order valence-electron chi connectivity index (χ1n) is 15.4. The second-order valence-corrected chi connectivity index (χ2v) is 13.2. The molecule has 7 rings (SSSR count). The number of nitrogens with one attached hydrogen (secondary N) is 3. The minimum absolute atomic E-state index is 0.00818. The maximum Gasteiger partial charge on any atom is 0.289 e. The zero-order valence-electron chi connectivity index (χ0n) is 23.4. The van der Waals surface area contributed by atoms with E-state index in [0.717, 1.165) is 62.3 Å². The summed E-state index contributed by atoms with van der Waals surface area (Å²) in [6, 6.07) is 6.22. The molecule has 1 aliphatic heterocycles. The van der Waals surface area contributed by atoms with Gasteiger partial charge in [-0.1, -0.05) is 12.1 Å². The number of amides is 3. The van der Waals surface area contributed by atoms with Gasteiger partial charge >= 0.3 is 0 Å². The van der Waals surface area contributed by atoms with Crippen LogP contribution in [0.1, 0.15) is 99.0 Å². The van der Waals surface area contributed by atoms with Crippen molar-refractivity contribution >= 4 is 40.2 Å². The largest absolute Gasteiger partial charge is 0.351 e. The van der Waals surface area contributed by atoms with Crippen molar-refractivity contribution < 1.29 is 24.0 Å². The van der Waals surface area contributed by atoms with E-state index in [1.54, 1.807) is 4.90 Å². The van der Waals surface area contributed by atoms with Gasteiger partial charge in [0.25, 0.3) is 11.8 Å². The molecule has 3 amide bonds. The minimum Gasteiger partial charge on any atom is -0.351 e. The van der Waals surface area contributed by atoms with E-state index in [4.69, 9.17) is 0 Å². The summed E-state index contributed by atoms with van der Waals surface area (Å²) in [6.07, 6.45) is 9.45. The predicted octanol–water partition coefficient (Wildman–Crippen LogP) is 3.52. The summed E-state index contributed by atoms with van der Waals surface area (Å²) in [5.41, 5.74) is 2.70. The number of rotatable bonds is 9. The number of piperidine rings is 1.